The van der Waals surface area contributed by atoms with Gasteiger partial charge in [-0.2, -0.15) is 8.42 Å². The third-order valence-corrected chi connectivity index (χ3v) is 6.52. The number of sulfonamides is 1. The number of carbonyl (C=O) groups excluding carboxylic acids is 1. The molecule has 1 aliphatic heterocycles. The Morgan fingerprint density at radius 3 is 2.43 bits per heavy atom. The number of hydrogen-bond acceptors (Lipinski definition) is 6. The molecule has 0 atom stereocenters. The summed E-state index contributed by atoms with van der Waals surface area (Å²) in [5.74, 6) is -0.959. The largest absolute Gasteiger partial charge is 0.506 e. The number of carbonyl (C=O) groups is 1. The second-order valence-electron chi connectivity index (χ2n) is 6.89. The van der Waals surface area contributed by atoms with Crippen LogP contribution in [0, 0.1) is 0 Å². The van der Waals surface area contributed by atoms with Crippen LogP contribution >= 0.6 is 0 Å². The zero-order chi connectivity index (χ0) is 21.7. The summed E-state index contributed by atoms with van der Waals surface area (Å²) in [5.41, 5.74) is 1.96. The van der Waals surface area contributed by atoms with Gasteiger partial charge in [0.2, 0.25) is 10.0 Å². The number of rotatable bonds is 4. The number of anilines is 2. The first-order valence-electron chi connectivity index (χ1n) is 8.70. The van der Waals surface area contributed by atoms with Crippen molar-refractivity contribution < 1.29 is 26.7 Å². The lowest BCUT2D eigenvalue weighted by Gasteiger charge is -2.17. The minimum atomic E-state index is -4.03. The van der Waals surface area contributed by atoms with Gasteiger partial charge in [0.25, 0.3) is 5.91 Å². The molecule has 0 saturated carbocycles. The van der Waals surface area contributed by atoms with Gasteiger partial charge in [-0.15, -0.1) is 0 Å². The van der Waals surface area contributed by atoms with Gasteiger partial charge in [0.1, 0.15) is 12.3 Å². The summed E-state index contributed by atoms with van der Waals surface area (Å²) in [6.07, 6.45) is 1.07. The summed E-state index contributed by atoms with van der Waals surface area (Å²) >= 11 is 0. The molecule has 9 nitrogen and oxygen atoms in total. The average molecular weight is 447 g/mol. The zero-order valence-electron chi connectivity index (χ0n) is 15.7. The van der Waals surface area contributed by atoms with Crippen LogP contribution in [0.2, 0.25) is 0 Å². The van der Waals surface area contributed by atoms with E-state index in [2.05, 4.69) is 4.72 Å². The second-order valence-corrected chi connectivity index (χ2v) is 10.2. The van der Waals surface area contributed by atoms with Crippen molar-refractivity contribution in [2.75, 3.05) is 21.8 Å². The molecule has 30 heavy (non-hydrogen) atoms. The van der Waals surface area contributed by atoms with Crippen LogP contribution in [0.5, 0.6) is 5.75 Å². The molecule has 156 valence electrons. The van der Waals surface area contributed by atoms with Gasteiger partial charge >= 0.3 is 10.2 Å². The molecule has 3 aromatic rings. The van der Waals surface area contributed by atoms with Gasteiger partial charge in [0, 0.05) is 5.69 Å². The summed E-state index contributed by atoms with van der Waals surface area (Å²) in [7, 11) is -7.44. The fraction of sp³-hybridized carbons (Fsp3) is 0.105. The summed E-state index contributed by atoms with van der Waals surface area (Å²) in [6.45, 7) is -0.403. The molecule has 0 aliphatic carbocycles. The van der Waals surface area contributed by atoms with E-state index in [1.54, 1.807) is 36.4 Å². The lowest BCUT2D eigenvalue weighted by atomic mass is 10.0. The molecule has 1 amide bonds. The third kappa shape index (κ3) is 3.89. The molecule has 0 spiro atoms. The first kappa shape index (κ1) is 20.0. The maximum atomic E-state index is 12.1. The van der Waals surface area contributed by atoms with Crippen molar-refractivity contribution in [1.82, 2.24) is 4.72 Å². The summed E-state index contributed by atoms with van der Waals surface area (Å²) < 4.78 is 52.2. The quantitative estimate of drug-likeness (QED) is 0.558. The van der Waals surface area contributed by atoms with Gasteiger partial charge in [-0.05, 0) is 52.2 Å². The van der Waals surface area contributed by atoms with E-state index in [4.69, 9.17) is 0 Å². The van der Waals surface area contributed by atoms with E-state index in [1.807, 2.05) is 10.8 Å². The van der Waals surface area contributed by atoms with E-state index in [1.165, 1.54) is 12.1 Å². The van der Waals surface area contributed by atoms with Crippen molar-refractivity contribution in [3.05, 3.63) is 54.6 Å². The van der Waals surface area contributed by atoms with E-state index < -0.39 is 32.7 Å². The fourth-order valence-corrected chi connectivity index (χ4v) is 5.00. The standard InChI is InChI=1S/C19H17N3O6S2/c1-29(25,26)20-16-4-2-3-12(8-16)13-5-6-14-9-17(18(23)10-15(14)7-13)22-11-19(24)21-30(22,27)28/h2-10,20,23H,11H2,1H3,(H,21,24). The Labute approximate surface area is 173 Å². The Bertz CT molecular complexity index is 1400. The van der Waals surface area contributed by atoms with E-state index in [0.29, 0.717) is 16.5 Å². The minimum Gasteiger partial charge on any atom is -0.506 e. The lowest BCUT2D eigenvalue weighted by molar-refractivity contribution is -0.117. The number of phenols is 1. The number of nitrogens with one attached hydrogen (secondary N) is 2. The Morgan fingerprint density at radius 2 is 1.77 bits per heavy atom. The number of phenolic OH excluding ortho intramolecular Hbond substituents is 1. The second kappa shape index (κ2) is 6.89. The van der Waals surface area contributed by atoms with E-state index >= 15 is 0 Å². The number of amides is 1. The molecule has 3 N–H and O–H groups in total. The van der Waals surface area contributed by atoms with Crippen molar-refractivity contribution in [2.24, 2.45) is 0 Å². The molecule has 1 fully saturated rings. The molecule has 1 heterocycles. The molecule has 4 rings (SSSR count). The zero-order valence-corrected chi connectivity index (χ0v) is 17.3. The minimum absolute atomic E-state index is 0.00736. The monoisotopic (exact) mass is 447 g/mol. The Morgan fingerprint density at radius 1 is 1.03 bits per heavy atom. The molecule has 0 radical (unpaired) electrons. The highest BCUT2D eigenvalue weighted by Gasteiger charge is 2.35. The van der Waals surface area contributed by atoms with Crippen molar-refractivity contribution >= 4 is 48.3 Å². The van der Waals surface area contributed by atoms with Crippen molar-refractivity contribution in [2.45, 2.75) is 0 Å². The first-order chi connectivity index (χ1) is 14.0. The van der Waals surface area contributed by atoms with Crippen LogP contribution in [-0.2, 0) is 25.0 Å². The SMILES string of the molecule is CS(=O)(=O)Nc1cccc(-c2ccc3cc(N4CC(=O)NS4(=O)=O)c(O)cc3c2)c1. The Balaban J connectivity index is 1.75. The van der Waals surface area contributed by atoms with Crippen molar-refractivity contribution in [3.8, 4) is 16.9 Å². The van der Waals surface area contributed by atoms with Gasteiger partial charge in [0.15, 0.2) is 0 Å². The average Bonchev–Trinajstić information content (AvgIpc) is 2.91. The molecule has 11 heteroatoms. The maximum Gasteiger partial charge on any atom is 0.326 e. The molecular weight excluding hydrogens is 430 g/mol. The van der Waals surface area contributed by atoms with Crippen molar-refractivity contribution in [1.29, 1.82) is 0 Å². The molecule has 0 aromatic heterocycles. The fourth-order valence-electron chi connectivity index (χ4n) is 3.29. The van der Waals surface area contributed by atoms with Gasteiger partial charge < -0.3 is 5.11 Å². The molecule has 3 aromatic carbocycles. The summed E-state index contributed by atoms with van der Waals surface area (Å²) in [6, 6.07) is 15.1. The van der Waals surface area contributed by atoms with Crippen LogP contribution in [0.1, 0.15) is 0 Å². The predicted octanol–water partition coefficient (Wildman–Crippen LogP) is 1.76. The molecule has 1 aliphatic rings. The van der Waals surface area contributed by atoms with Crippen LogP contribution in [-0.4, -0.2) is 40.6 Å². The lowest BCUT2D eigenvalue weighted by Crippen LogP contribution is -2.29. The highest BCUT2D eigenvalue weighted by Crippen LogP contribution is 2.36. The highest BCUT2D eigenvalue weighted by atomic mass is 32.2. The molecule has 1 saturated heterocycles. The number of aromatic hydroxyl groups is 1. The number of benzene rings is 3. The van der Waals surface area contributed by atoms with Crippen LogP contribution in [0.15, 0.2) is 54.6 Å². The van der Waals surface area contributed by atoms with Crippen molar-refractivity contribution in [3.63, 3.8) is 0 Å². The Hall–Kier alpha value is -3.31. The van der Waals surface area contributed by atoms with Gasteiger partial charge in [-0.1, -0.05) is 24.3 Å². The van der Waals surface area contributed by atoms with E-state index in [0.717, 1.165) is 21.7 Å². The molecule has 0 bridgehead atoms. The molecular formula is C19H17N3O6S2. The number of nitrogens with zero attached hydrogens (tertiary/aromatic N) is 1. The van der Waals surface area contributed by atoms with Gasteiger partial charge in [0.05, 0.1) is 11.9 Å². The maximum absolute atomic E-state index is 12.1. The number of hydrogen-bond donors (Lipinski definition) is 3. The van der Waals surface area contributed by atoms with Crippen LogP contribution in [0.3, 0.4) is 0 Å². The topological polar surface area (TPSA) is 133 Å². The first-order valence-corrected chi connectivity index (χ1v) is 12.0. The van der Waals surface area contributed by atoms with Gasteiger partial charge in [-0.25, -0.2) is 17.4 Å². The van der Waals surface area contributed by atoms with Crippen LogP contribution < -0.4 is 13.7 Å². The van der Waals surface area contributed by atoms with Crippen LogP contribution in [0.4, 0.5) is 11.4 Å². The Kier molecular flexibility index (Phi) is 4.59. The smallest absolute Gasteiger partial charge is 0.326 e. The number of fused-ring (bicyclic) bond motifs is 1. The van der Waals surface area contributed by atoms with E-state index in [9.17, 15) is 26.7 Å². The summed E-state index contributed by atoms with van der Waals surface area (Å²) in [4.78, 5) is 11.5. The molecule has 0 unspecified atom stereocenters. The van der Waals surface area contributed by atoms with Crippen LogP contribution in [0.25, 0.3) is 21.9 Å². The normalized spacial score (nSPS) is 15.9. The summed E-state index contributed by atoms with van der Waals surface area (Å²) in [5, 5.41) is 11.7. The predicted molar refractivity (Wildman–Crippen MR) is 114 cm³/mol. The third-order valence-electron chi connectivity index (χ3n) is 4.52. The van der Waals surface area contributed by atoms with Gasteiger partial charge in [-0.3, -0.25) is 9.52 Å². The van der Waals surface area contributed by atoms with E-state index in [-0.39, 0.29) is 11.4 Å². The highest BCUT2D eigenvalue weighted by molar-refractivity contribution is 7.92.